The molecule has 0 saturated carbocycles. The molecule has 0 aromatic carbocycles. The summed E-state index contributed by atoms with van der Waals surface area (Å²) in [4.78, 5) is 4.90. The number of hydrogen-bond acceptors (Lipinski definition) is 4. The molecule has 1 N–H and O–H groups in total. The number of unbranched alkanes of at least 4 members (excludes halogenated alkanes) is 1. The van der Waals surface area contributed by atoms with Crippen LogP contribution in [0, 0.1) is 0 Å². The van der Waals surface area contributed by atoms with Gasteiger partial charge in [0.1, 0.15) is 5.15 Å². The third-order valence-electron chi connectivity index (χ3n) is 1.50. The Morgan fingerprint density at radius 1 is 1.62 bits per heavy atom. The number of rotatable bonds is 5. The fraction of sp³-hybridized carbons (Fsp3) is 0.625. The summed E-state index contributed by atoms with van der Waals surface area (Å²) in [5, 5.41) is 9.33. The van der Waals surface area contributed by atoms with Crippen molar-refractivity contribution < 1.29 is 5.11 Å². The Hall–Kier alpha value is 0.230. The highest BCUT2D eigenvalue weighted by molar-refractivity contribution is 8.01. The van der Waals surface area contributed by atoms with Crippen molar-refractivity contribution in [3.05, 3.63) is 10.0 Å². The van der Waals surface area contributed by atoms with Crippen molar-refractivity contribution in [2.75, 3.05) is 5.75 Å². The molecule has 0 unspecified atom stereocenters. The van der Waals surface area contributed by atoms with Crippen molar-refractivity contribution in [1.82, 2.24) is 4.98 Å². The number of thioether (sulfide) groups is 1. The largest absolute Gasteiger partial charge is 0.391 e. The van der Waals surface area contributed by atoms with Crippen molar-refractivity contribution in [1.29, 1.82) is 0 Å². The van der Waals surface area contributed by atoms with E-state index < -0.39 is 0 Å². The Morgan fingerprint density at radius 2 is 2.38 bits per heavy atom. The van der Waals surface area contributed by atoms with Crippen LogP contribution in [0.3, 0.4) is 0 Å². The van der Waals surface area contributed by atoms with Crippen LogP contribution in [0.5, 0.6) is 0 Å². The zero-order valence-electron chi connectivity index (χ0n) is 7.42. The van der Waals surface area contributed by atoms with Crippen LogP contribution in [0.15, 0.2) is 4.34 Å². The molecule has 13 heavy (non-hydrogen) atoms. The highest BCUT2D eigenvalue weighted by Crippen LogP contribution is 2.30. The fourth-order valence-electron chi connectivity index (χ4n) is 0.776. The van der Waals surface area contributed by atoms with Crippen LogP contribution >= 0.6 is 34.7 Å². The molecule has 0 atom stereocenters. The lowest BCUT2D eigenvalue weighted by Gasteiger charge is -1.92. The standard InChI is InChI=1S/C8H12ClNOS2/c1-2-3-4-12-8-10-7(9)6(5-11)13-8/h11H,2-5H2,1H3. The van der Waals surface area contributed by atoms with E-state index in [1.54, 1.807) is 11.8 Å². The first-order valence-corrected chi connectivity index (χ1v) is 6.34. The molecule has 1 aromatic heterocycles. The predicted molar refractivity (Wildman–Crippen MR) is 58.7 cm³/mol. The van der Waals surface area contributed by atoms with Crippen LogP contribution in [0.4, 0.5) is 0 Å². The summed E-state index contributed by atoms with van der Waals surface area (Å²) in [5.41, 5.74) is 0. The minimum Gasteiger partial charge on any atom is -0.391 e. The first-order valence-electron chi connectivity index (χ1n) is 4.16. The molecule has 0 amide bonds. The van der Waals surface area contributed by atoms with Crippen molar-refractivity contribution in [2.24, 2.45) is 0 Å². The first-order chi connectivity index (χ1) is 6.27. The van der Waals surface area contributed by atoms with Gasteiger partial charge in [-0.3, -0.25) is 0 Å². The van der Waals surface area contributed by atoms with Crippen LogP contribution in [0.25, 0.3) is 0 Å². The second kappa shape index (κ2) is 5.86. The van der Waals surface area contributed by atoms with Crippen LogP contribution in [-0.2, 0) is 6.61 Å². The van der Waals surface area contributed by atoms with E-state index in [1.165, 1.54) is 24.2 Å². The van der Waals surface area contributed by atoms with Crippen molar-refractivity contribution >= 4 is 34.7 Å². The third-order valence-corrected chi connectivity index (χ3v) is 4.19. The van der Waals surface area contributed by atoms with Crippen molar-refractivity contribution in [3.8, 4) is 0 Å². The number of halogens is 1. The molecular weight excluding hydrogens is 226 g/mol. The molecule has 0 aliphatic heterocycles. The Labute approximate surface area is 91.3 Å². The van der Waals surface area contributed by atoms with Crippen molar-refractivity contribution in [3.63, 3.8) is 0 Å². The monoisotopic (exact) mass is 237 g/mol. The van der Waals surface area contributed by atoms with E-state index in [4.69, 9.17) is 16.7 Å². The summed E-state index contributed by atoms with van der Waals surface area (Å²) in [6.45, 7) is 2.15. The quantitative estimate of drug-likeness (QED) is 0.631. The number of thiazole rings is 1. The average Bonchev–Trinajstić information content (AvgIpc) is 2.47. The lowest BCUT2D eigenvalue weighted by molar-refractivity contribution is 0.285. The molecule has 0 fully saturated rings. The van der Waals surface area contributed by atoms with Gasteiger partial charge < -0.3 is 5.11 Å². The van der Waals surface area contributed by atoms with E-state index in [0.717, 1.165) is 15.0 Å². The van der Waals surface area contributed by atoms with Gasteiger partial charge in [-0.25, -0.2) is 4.98 Å². The Balaban J connectivity index is 2.48. The number of nitrogens with zero attached hydrogens (tertiary/aromatic N) is 1. The molecule has 0 saturated heterocycles. The zero-order chi connectivity index (χ0) is 9.68. The minimum absolute atomic E-state index is 0.00909. The number of aliphatic hydroxyl groups is 1. The van der Waals surface area contributed by atoms with Gasteiger partial charge in [0.15, 0.2) is 4.34 Å². The Morgan fingerprint density at radius 3 is 2.92 bits per heavy atom. The van der Waals surface area contributed by atoms with Crippen LogP contribution in [0.2, 0.25) is 5.15 Å². The fourth-order valence-corrected chi connectivity index (χ4v) is 3.23. The number of hydrogen-bond donors (Lipinski definition) is 1. The van der Waals surface area contributed by atoms with Crippen LogP contribution < -0.4 is 0 Å². The number of aliphatic hydroxyl groups excluding tert-OH is 1. The summed E-state index contributed by atoms with van der Waals surface area (Å²) in [6.07, 6.45) is 2.38. The average molecular weight is 238 g/mol. The molecule has 0 aliphatic rings. The molecular formula is C8H12ClNOS2. The molecule has 5 heteroatoms. The van der Waals surface area contributed by atoms with E-state index in [1.807, 2.05) is 0 Å². The van der Waals surface area contributed by atoms with Crippen LogP contribution in [-0.4, -0.2) is 15.8 Å². The Bertz CT molecular complexity index is 265. The molecule has 0 radical (unpaired) electrons. The van der Waals surface area contributed by atoms with Crippen molar-refractivity contribution in [2.45, 2.75) is 30.7 Å². The van der Waals surface area contributed by atoms with Crippen LogP contribution in [0.1, 0.15) is 24.6 Å². The van der Waals surface area contributed by atoms with Gasteiger partial charge in [-0.05, 0) is 6.42 Å². The van der Waals surface area contributed by atoms with E-state index in [0.29, 0.717) is 5.15 Å². The normalized spacial score (nSPS) is 10.7. The smallest absolute Gasteiger partial charge is 0.152 e. The third kappa shape index (κ3) is 3.46. The molecule has 0 bridgehead atoms. The zero-order valence-corrected chi connectivity index (χ0v) is 9.81. The number of aromatic nitrogens is 1. The SMILES string of the molecule is CCCCSc1nc(Cl)c(CO)s1. The summed E-state index contributed by atoms with van der Waals surface area (Å²) in [6, 6.07) is 0. The predicted octanol–water partition coefficient (Wildman–Crippen LogP) is 3.18. The second-order valence-electron chi connectivity index (χ2n) is 2.55. The maximum Gasteiger partial charge on any atom is 0.152 e. The van der Waals surface area contributed by atoms with Gasteiger partial charge in [-0.1, -0.05) is 36.7 Å². The maximum atomic E-state index is 8.88. The summed E-state index contributed by atoms with van der Waals surface area (Å²) in [7, 11) is 0. The Kier molecular flexibility index (Phi) is 5.09. The maximum absolute atomic E-state index is 8.88. The van der Waals surface area contributed by atoms with Gasteiger partial charge in [0.05, 0.1) is 11.5 Å². The van der Waals surface area contributed by atoms with Gasteiger partial charge in [-0.2, -0.15) is 0 Å². The van der Waals surface area contributed by atoms with E-state index in [-0.39, 0.29) is 6.61 Å². The minimum atomic E-state index is -0.00909. The van der Waals surface area contributed by atoms with Gasteiger partial charge in [-0.15, -0.1) is 11.3 Å². The second-order valence-corrected chi connectivity index (χ2v) is 5.34. The van der Waals surface area contributed by atoms with Gasteiger partial charge in [0.2, 0.25) is 0 Å². The molecule has 1 aromatic rings. The first kappa shape index (κ1) is 11.3. The topological polar surface area (TPSA) is 33.1 Å². The highest BCUT2D eigenvalue weighted by Gasteiger charge is 2.07. The van der Waals surface area contributed by atoms with E-state index in [2.05, 4.69) is 11.9 Å². The highest BCUT2D eigenvalue weighted by atomic mass is 35.5. The van der Waals surface area contributed by atoms with E-state index in [9.17, 15) is 0 Å². The lowest BCUT2D eigenvalue weighted by atomic mass is 10.4. The molecule has 1 rings (SSSR count). The van der Waals surface area contributed by atoms with E-state index >= 15 is 0 Å². The summed E-state index contributed by atoms with van der Waals surface area (Å²) < 4.78 is 0.961. The van der Waals surface area contributed by atoms with Gasteiger partial charge in [0, 0.05) is 5.75 Å². The molecule has 0 aliphatic carbocycles. The summed E-state index contributed by atoms with van der Waals surface area (Å²) in [5.74, 6) is 1.07. The van der Waals surface area contributed by atoms with Gasteiger partial charge in [0.25, 0.3) is 0 Å². The van der Waals surface area contributed by atoms with Gasteiger partial charge >= 0.3 is 0 Å². The molecule has 2 nitrogen and oxygen atoms in total. The summed E-state index contributed by atoms with van der Waals surface area (Å²) >= 11 is 8.97. The molecule has 74 valence electrons. The molecule has 0 spiro atoms. The lowest BCUT2D eigenvalue weighted by Crippen LogP contribution is -1.76. The molecule has 1 heterocycles.